The molecule has 1 unspecified atom stereocenters. The molecule has 2 rings (SSSR count). The van der Waals surface area contributed by atoms with E-state index in [0.29, 0.717) is 16.5 Å². The summed E-state index contributed by atoms with van der Waals surface area (Å²) >= 11 is 19.8. The van der Waals surface area contributed by atoms with Crippen molar-refractivity contribution >= 4 is 46.1 Å². The molecule has 0 saturated heterocycles. The summed E-state index contributed by atoms with van der Waals surface area (Å²) in [6.07, 6.45) is 0.701. The number of benzene rings is 1. The van der Waals surface area contributed by atoms with Gasteiger partial charge in [-0.25, -0.2) is 0 Å². The van der Waals surface area contributed by atoms with Gasteiger partial charge in [0.05, 0.1) is 21.1 Å². The molecule has 0 aliphatic rings. The van der Waals surface area contributed by atoms with Gasteiger partial charge in [0.1, 0.15) is 0 Å². The summed E-state index contributed by atoms with van der Waals surface area (Å²) in [6, 6.07) is 5.53. The predicted octanol–water partition coefficient (Wildman–Crippen LogP) is 4.76. The maximum Gasteiger partial charge on any atom is 0.0608 e. The van der Waals surface area contributed by atoms with Crippen LogP contribution in [-0.2, 0) is 6.42 Å². The van der Waals surface area contributed by atoms with E-state index in [9.17, 15) is 0 Å². The highest BCUT2D eigenvalue weighted by atomic mass is 35.5. The van der Waals surface area contributed by atoms with Crippen molar-refractivity contribution in [1.29, 1.82) is 0 Å². The fourth-order valence-corrected chi connectivity index (χ4v) is 3.52. The number of thiophene rings is 1. The molecule has 0 saturated carbocycles. The quantitative estimate of drug-likeness (QED) is 0.624. The first-order chi connectivity index (χ1) is 9.02. The topological polar surface area (TPSA) is 38.0 Å². The Labute approximate surface area is 131 Å². The van der Waals surface area contributed by atoms with Crippen molar-refractivity contribution in [2.45, 2.75) is 19.4 Å². The molecular formula is C13H13Cl3N2S. The van der Waals surface area contributed by atoms with Crippen LogP contribution in [0.5, 0.6) is 0 Å². The molecule has 0 aliphatic heterocycles. The first-order valence-electron chi connectivity index (χ1n) is 5.66. The average molecular weight is 336 g/mol. The van der Waals surface area contributed by atoms with Crippen LogP contribution in [0.4, 0.5) is 0 Å². The molecule has 3 N–H and O–H groups in total. The Hall–Kier alpha value is -0.290. The number of hydrogen-bond donors (Lipinski definition) is 2. The molecule has 0 fully saturated rings. The fourth-order valence-electron chi connectivity index (χ4n) is 1.81. The van der Waals surface area contributed by atoms with E-state index < -0.39 is 0 Å². The van der Waals surface area contributed by atoms with Gasteiger partial charge >= 0.3 is 0 Å². The van der Waals surface area contributed by atoms with Gasteiger partial charge in [-0.05, 0) is 42.0 Å². The number of aryl methyl sites for hydroxylation is 1. The van der Waals surface area contributed by atoms with Crippen LogP contribution in [-0.4, -0.2) is 0 Å². The van der Waals surface area contributed by atoms with Crippen LogP contribution in [0, 0.1) is 6.92 Å². The highest BCUT2D eigenvalue weighted by molar-refractivity contribution is 7.10. The van der Waals surface area contributed by atoms with Crippen LogP contribution in [0.1, 0.15) is 22.0 Å². The lowest BCUT2D eigenvalue weighted by molar-refractivity contribution is 0.560. The van der Waals surface area contributed by atoms with Crippen molar-refractivity contribution in [3.05, 3.63) is 54.7 Å². The van der Waals surface area contributed by atoms with Crippen molar-refractivity contribution in [3.63, 3.8) is 0 Å². The molecule has 0 radical (unpaired) electrons. The molecule has 0 amide bonds. The summed E-state index contributed by atoms with van der Waals surface area (Å²) in [4.78, 5) is 1.03. The van der Waals surface area contributed by atoms with Crippen molar-refractivity contribution in [1.82, 2.24) is 5.43 Å². The van der Waals surface area contributed by atoms with E-state index in [0.717, 1.165) is 21.0 Å². The zero-order valence-electron chi connectivity index (χ0n) is 10.2. The van der Waals surface area contributed by atoms with Gasteiger partial charge in [-0.3, -0.25) is 11.3 Å². The highest BCUT2D eigenvalue weighted by Gasteiger charge is 2.17. The van der Waals surface area contributed by atoms with Crippen molar-refractivity contribution in [2.24, 2.45) is 5.84 Å². The molecule has 1 aromatic heterocycles. The van der Waals surface area contributed by atoms with Crippen molar-refractivity contribution < 1.29 is 0 Å². The summed E-state index contributed by atoms with van der Waals surface area (Å²) in [6.45, 7) is 1.98. The van der Waals surface area contributed by atoms with Gasteiger partial charge < -0.3 is 0 Å². The molecule has 6 heteroatoms. The predicted molar refractivity (Wildman–Crippen MR) is 84.3 cm³/mol. The van der Waals surface area contributed by atoms with E-state index in [4.69, 9.17) is 40.6 Å². The monoisotopic (exact) mass is 334 g/mol. The fraction of sp³-hybridized carbons (Fsp3) is 0.231. The van der Waals surface area contributed by atoms with Crippen LogP contribution in [0.25, 0.3) is 0 Å². The highest BCUT2D eigenvalue weighted by Crippen LogP contribution is 2.34. The molecule has 1 atom stereocenters. The maximum absolute atomic E-state index is 6.27. The Bertz CT molecular complexity index is 583. The van der Waals surface area contributed by atoms with E-state index in [1.807, 2.05) is 24.4 Å². The molecule has 19 heavy (non-hydrogen) atoms. The van der Waals surface area contributed by atoms with Crippen LogP contribution in [0.2, 0.25) is 15.1 Å². The number of hydrazine groups is 1. The minimum atomic E-state index is -0.0385. The third-order valence-electron chi connectivity index (χ3n) is 2.87. The number of rotatable bonds is 4. The van der Waals surface area contributed by atoms with Gasteiger partial charge in [-0.15, -0.1) is 11.3 Å². The lowest BCUT2D eigenvalue weighted by atomic mass is 10.0. The molecule has 0 spiro atoms. The third-order valence-corrected chi connectivity index (χ3v) is 5.43. The Balaban J connectivity index is 2.24. The number of nitrogens with one attached hydrogen (secondary N) is 1. The molecule has 0 aliphatic carbocycles. The smallest absolute Gasteiger partial charge is 0.0608 e. The Morgan fingerprint density at radius 2 is 2.00 bits per heavy atom. The van der Waals surface area contributed by atoms with Gasteiger partial charge in [0.2, 0.25) is 0 Å². The van der Waals surface area contributed by atoms with Crippen molar-refractivity contribution in [2.75, 3.05) is 0 Å². The Morgan fingerprint density at radius 3 is 2.53 bits per heavy atom. The zero-order valence-corrected chi connectivity index (χ0v) is 13.3. The molecule has 102 valence electrons. The largest absolute Gasteiger partial charge is 0.271 e. The third kappa shape index (κ3) is 3.43. The Kier molecular flexibility index (Phi) is 5.12. The van der Waals surface area contributed by atoms with Gasteiger partial charge in [-0.2, -0.15) is 0 Å². The number of nitrogens with two attached hydrogens (primary N) is 1. The summed E-state index contributed by atoms with van der Waals surface area (Å²) in [5.41, 5.74) is 4.93. The first kappa shape index (κ1) is 15.1. The van der Waals surface area contributed by atoms with Gasteiger partial charge in [0.25, 0.3) is 0 Å². The van der Waals surface area contributed by atoms with Crippen molar-refractivity contribution in [3.8, 4) is 0 Å². The summed E-state index contributed by atoms with van der Waals surface area (Å²) < 4.78 is 0. The van der Waals surface area contributed by atoms with Gasteiger partial charge in [0, 0.05) is 4.88 Å². The molecule has 0 bridgehead atoms. The lowest BCUT2D eigenvalue weighted by Gasteiger charge is -2.15. The standard InChI is InChI=1S/C13H13Cl3N2S/c1-7-6-19-13(12(7)16)11(18-17)5-8-2-3-9(14)10(15)4-8/h2-4,6,11,18H,5,17H2,1H3. The van der Waals surface area contributed by atoms with E-state index in [1.165, 1.54) is 0 Å². The van der Waals surface area contributed by atoms with Gasteiger partial charge in [-0.1, -0.05) is 40.9 Å². The van der Waals surface area contributed by atoms with E-state index in [1.54, 1.807) is 17.4 Å². The second kappa shape index (κ2) is 6.44. The second-order valence-electron chi connectivity index (χ2n) is 4.27. The molecule has 2 aromatic rings. The van der Waals surface area contributed by atoms with E-state index in [-0.39, 0.29) is 6.04 Å². The molecule has 1 heterocycles. The molecule has 1 aromatic carbocycles. The summed E-state index contributed by atoms with van der Waals surface area (Å²) in [5, 5.41) is 3.89. The van der Waals surface area contributed by atoms with Crippen LogP contribution >= 0.6 is 46.1 Å². The number of hydrogen-bond acceptors (Lipinski definition) is 3. The minimum absolute atomic E-state index is 0.0385. The SMILES string of the molecule is Cc1csc(C(Cc2ccc(Cl)c(Cl)c2)NN)c1Cl. The van der Waals surface area contributed by atoms with Crippen LogP contribution in [0.3, 0.4) is 0 Å². The Morgan fingerprint density at radius 1 is 1.26 bits per heavy atom. The maximum atomic E-state index is 6.27. The summed E-state index contributed by atoms with van der Waals surface area (Å²) in [7, 11) is 0. The molecule has 2 nitrogen and oxygen atoms in total. The normalized spacial score (nSPS) is 12.7. The first-order valence-corrected chi connectivity index (χ1v) is 7.67. The lowest BCUT2D eigenvalue weighted by Crippen LogP contribution is -2.29. The average Bonchev–Trinajstić information content (AvgIpc) is 2.72. The van der Waals surface area contributed by atoms with E-state index in [2.05, 4.69) is 5.43 Å². The van der Waals surface area contributed by atoms with E-state index >= 15 is 0 Å². The zero-order chi connectivity index (χ0) is 14.0. The second-order valence-corrected chi connectivity index (χ2v) is 6.37. The van der Waals surface area contributed by atoms with Crippen LogP contribution < -0.4 is 11.3 Å². The number of halogens is 3. The summed E-state index contributed by atoms with van der Waals surface area (Å²) in [5.74, 6) is 5.64. The van der Waals surface area contributed by atoms with Crippen LogP contribution in [0.15, 0.2) is 23.6 Å². The van der Waals surface area contributed by atoms with Gasteiger partial charge in [0.15, 0.2) is 0 Å². The minimum Gasteiger partial charge on any atom is -0.271 e. The molecular weight excluding hydrogens is 323 g/mol.